The van der Waals surface area contributed by atoms with Crippen LogP contribution in [0.1, 0.15) is 31.5 Å². The molecule has 1 aromatic rings. The van der Waals surface area contributed by atoms with Gasteiger partial charge in [0.1, 0.15) is 0 Å². The van der Waals surface area contributed by atoms with Crippen molar-refractivity contribution in [1.82, 2.24) is 14.9 Å². The Morgan fingerprint density at radius 3 is 2.65 bits per heavy atom. The fourth-order valence-electron chi connectivity index (χ4n) is 1.39. The van der Waals surface area contributed by atoms with Gasteiger partial charge in [0, 0.05) is 17.8 Å². The Morgan fingerprint density at radius 1 is 1.47 bits per heavy atom. The third kappa shape index (κ3) is 3.52. The van der Waals surface area contributed by atoms with Crippen LogP contribution in [-0.2, 0) is 16.6 Å². The van der Waals surface area contributed by atoms with Gasteiger partial charge in [0.2, 0.25) is 0 Å². The zero-order valence-electron chi connectivity index (χ0n) is 10.3. The summed E-state index contributed by atoms with van der Waals surface area (Å²) in [6, 6.07) is 0. The first-order valence-electron chi connectivity index (χ1n) is 5.53. The summed E-state index contributed by atoms with van der Waals surface area (Å²) in [5.74, 6) is 0.427. The molecule has 3 N–H and O–H groups in total. The van der Waals surface area contributed by atoms with Gasteiger partial charge in [-0.1, -0.05) is 13.8 Å². The summed E-state index contributed by atoms with van der Waals surface area (Å²) in [5.41, 5.74) is 0.888. The minimum atomic E-state index is -3.63. The van der Waals surface area contributed by atoms with Crippen LogP contribution in [0.15, 0.2) is 5.03 Å². The van der Waals surface area contributed by atoms with Gasteiger partial charge in [-0.15, -0.1) is 0 Å². The van der Waals surface area contributed by atoms with Crippen LogP contribution in [0.3, 0.4) is 0 Å². The molecule has 0 aliphatic rings. The molecule has 0 aromatic carbocycles. The largest absolute Gasteiger partial charge is 0.392 e. The zero-order valence-corrected chi connectivity index (χ0v) is 11.1. The number of nitrogens with one attached hydrogen (secondary N) is 2. The summed E-state index contributed by atoms with van der Waals surface area (Å²) in [7, 11) is -3.63. The maximum Gasteiger partial charge on any atom is 0.260 e. The molecule has 0 unspecified atom stereocenters. The lowest BCUT2D eigenvalue weighted by molar-refractivity contribution is 0.277. The first-order chi connectivity index (χ1) is 7.88. The smallest absolute Gasteiger partial charge is 0.260 e. The molecule has 0 atom stereocenters. The number of aliphatic hydroxyl groups excluding tert-OH is 1. The molecule has 1 rings (SSSR count). The van der Waals surface area contributed by atoms with Crippen molar-refractivity contribution < 1.29 is 13.5 Å². The summed E-state index contributed by atoms with van der Waals surface area (Å²) >= 11 is 0. The van der Waals surface area contributed by atoms with Crippen molar-refractivity contribution in [3.05, 3.63) is 11.3 Å². The van der Waals surface area contributed by atoms with E-state index in [4.69, 9.17) is 5.11 Å². The molecular weight excluding hydrogens is 242 g/mol. The van der Waals surface area contributed by atoms with Crippen molar-refractivity contribution in [2.24, 2.45) is 5.92 Å². The van der Waals surface area contributed by atoms with Crippen molar-refractivity contribution in [3.63, 3.8) is 0 Å². The third-order valence-corrected chi connectivity index (χ3v) is 3.89. The summed E-state index contributed by atoms with van der Waals surface area (Å²) in [6.07, 6.45) is 0.761. The Hall–Kier alpha value is -0.920. The Morgan fingerprint density at radius 2 is 2.12 bits per heavy atom. The van der Waals surface area contributed by atoms with Gasteiger partial charge in [-0.2, -0.15) is 5.10 Å². The van der Waals surface area contributed by atoms with Crippen molar-refractivity contribution in [1.29, 1.82) is 0 Å². The van der Waals surface area contributed by atoms with E-state index in [2.05, 4.69) is 14.9 Å². The SMILES string of the molecule is Cc1[nH]nc(S(=O)(=O)NCCC(C)C)c1CO. The van der Waals surface area contributed by atoms with Crippen molar-refractivity contribution in [3.8, 4) is 0 Å². The molecule has 0 bridgehead atoms. The average molecular weight is 261 g/mol. The average Bonchev–Trinajstić information content (AvgIpc) is 2.59. The van der Waals surface area contributed by atoms with E-state index in [0.29, 0.717) is 23.7 Å². The zero-order chi connectivity index (χ0) is 13.1. The number of nitrogens with zero attached hydrogens (tertiary/aromatic N) is 1. The van der Waals surface area contributed by atoms with E-state index in [1.54, 1.807) is 6.92 Å². The molecule has 0 fully saturated rings. The van der Waals surface area contributed by atoms with Gasteiger partial charge in [-0.3, -0.25) is 5.10 Å². The highest BCUT2D eigenvalue weighted by Crippen LogP contribution is 2.15. The second-order valence-electron chi connectivity index (χ2n) is 4.37. The lowest BCUT2D eigenvalue weighted by Gasteiger charge is -2.07. The molecule has 0 saturated heterocycles. The number of hydrogen-bond donors (Lipinski definition) is 3. The van der Waals surface area contributed by atoms with Crippen LogP contribution in [0.5, 0.6) is 0 Å². The lowest BCUT2D eigenvalue weighted by Crippen LogP contribution is -2.26. The maximum absolute atomic E-state index is 11.9. The summed E-state index contributed by atoms with van der Waals surface area (Å²) in [5, 5.41) is 15.3. The van der Waals surface area contributed by atoms with Gasteiger partial charge in [0.05, 0.1) is 6.61 Å². The predicted molar refractivity (Wildman–Crippen MR) is 63.9 cm³/mol. The van der Waals surface area contributed by atoms with E-state index in [-0.39, 0.29) is 11.6 Å². The number of sulfonamides is 1. The fourth-order valence-corrected chi connectivity index (χ4v) is 2.62. The lowest BCUT2D eigenvalue weighted by atomic mass is 10.1. The highest BCUT2D eigenvalue weighted by molar-refractivity contribution is 7.89. The first-order valence-corrected chi connectivity index (χ1v) is 7.01. The van der Waals surface area contributed by atoms with Crippen molar-refractivity contribution >= 4 is 10.0 Å². The highest BCUT2D eigenvalue weighted by atomic mass is 32.2. The van der Waals surface area contributed by atoms with E-state index >= 15 is 0 Å². The number of aryl methyl sites for hydroxylation is 1. The molecule has 0 amide bonds. The molecule has 6 nitrogen and oxygen atoms in total. The highest BCUT2D eigenvalue weighted by Gasteiger charge is 2.22. The monoisotopic (exact) mass is 261 g/mol. The standard InChI is InChI=1S/C10H19N3O3S/c1-7(2)4-5-11-17(15,16)10-9(6-14)8(3)12-13-10/h7,11,14H,4-6H2,1-3H3,(H,12,13). The number of H-pyrrole nitrogens is 1. The Labute approximate surface area is 101 Å². The molecule has 7 heteroatoms. The van der Waals surface area contributed by atoms with E-state index < -0.39 is 10.0 Å². The summed E-state index contributed by atoms with van der Waals surface area (Å²) < 4.78 is 26.3. The normalized spacial score (nSPS) is 12.3. The van der Waals surface area contributed by atoms with Crippen LogP contribution in [0.25, 0.3) is 0 Å². The van der Waals surface area contributed by atoms with Gasteiger partial charge in [-0.25, -0.2) is 13.1 Å². The molecule has 0 spiro atoms. The molecule has 98 valence electrons. The van der Waals surface area contributed by atoms with E-state index in [9.17, 15) is 8.42 Å². The minimum absolute atomic E-state index is 0.110. The second kappa shape index (κ2) is 5.61. The summed E-state index contributed by atoms with van der Waals surface area (Å²) in [4.78, 5) is 0. The molecule has 17 heavy (non-hydrogen) atoms. The molecule has 0 aliphatic carbocycles. The first kappa shape index (κ1) is 14.1. The number of aromatic nitrogens is 2. The van der Waals surface area contributed by atoms with Gasteiger partial charge in [-0.05, 0) is 19.3 Å². The topological polar surface area (TPSA) is 95.1 Å². The van der Waals surface area contributed by atoms with E-state index in [0.717, 1.165) is 6.42 Å². The molecule has 0 aliphatic heterocycles. The summed E-state index contributed by atoms with van der Waals surface area (Å²) in [6.45, 7) is 5.74. The number of hydrogen-bond acceptors (Lipinski definition) is 4. The fraction of sp³-hybridized carbons (Fsp3) is 0.700. The molecule has 1 aromatic heterocycles. The van der Waals surface area contributed by atoms with E-state index in [1.165, 1.54) is 0 Å². The number of rotatable bonds is 6. The Balaban J connectivity index is 2.82. The Kier molecular flexibility index (Phi) is 4.67. The predicted octanol–water partition coefficient (Wildman–Crippen LogP) is 0.535. The van der Waals surface area contributed by atoms with Gasteiger partial charge in [0.25, 0.3) is 10.0 Å². The van der Waals surface area contributed by atoms with Gasteiger partial charge in [0.15, 0.2) is 5.03 Å². The van der Waals surface area contributed by atoms with Crippen LogP contribution in [0.2, 0.25) is 0 Å². The van der Waals surface area contributed by atoms with Gasteiger partial charge >= 0.3 is 0 Å². The van der Waals surface area contributed by atoms with Crippen LogP contribution in [0, 0.1) is 12.8 Å². The number of aliphatic hydroxyl groups is 1. The van der Waals surface area contributed by atoms with Crippen LogP contribution >= 0.6 is 0 Å². The third-order valence-electron chi connectivity index (χ3n) is 2.46. The molecular formula is C10H19N3O3S. The quantitative estimate of drug-likeness (QED) is 0.696. The minimum Gasteiger partial charge on any atom is -0.392 e. The van der Waals surface area contributed by atoms with Crippen LogP contribution < -0.4 is 4.72 Å². The van der Waals surface area contributed by atoms with Crippen molar-refractivity contribution in [2.75, 3.05) is 6.54 Å². The maximum atomic E-state index is 11.9. The van der Waals surface area contributed by atoms with Crippen LogP contribution in [0.4, 0.5) is 0 Å². The van der Waals surface area contributed by atoms with Crippen LogP contribution in [-0.4, -0.2) is 30.3 Å². The van der Waals surface area contributed by atoms with Gasteiger partial charge < -0.3 is 5.11 Å². The second-order valence-corrected chi connectivity index (χ2v) is 6.05. The Bertz CT molecular complexity index is 465. The molecule has 1 heterocycles. The number of aromatic amines is 1. The molecule has 0 radical (unpaired) electrons. The molecule has 0 saturated carbocycles. The van der Waals surface area contributed by atoms with Crippen molar-refractivity contribution in [2.45, 2.75) is 38.8 Å². The van der Waals surface area contributed by atoms with E-state index in [1.807, 2.05) is 13.8 Å².